The Labute approximate surface area is 221 Å². The zero-order valence-corrected chi connectivity index (χ0v) is 22.8. The standard InChI is InChI=1S/C30H42N2O5/c1-30(2,3)37-29(34)25-5-9-26(10-6-25)32-17-14-22(15-18-32)19-31-16-13-23(20-31)21-36-27-11-7-24(8-12-27)28(33)35-4/h5-9,11-12,22-23,26H,10,13-21H2,1-4H3/t23-,26?/m1/s1. The summed E-state index contributed by atoms with van der Waals surface area (Å²) in [5.74, 6) is 1.51. The average molecular weight is 511 g/mol. The summed E-state index contributed by atoms with van der Waals surface area (Å²) in [5, 5.41) is 0. The number of ether oxygens (including phenoxy) is 3. The summed E-state index contributed by atoms with van der Waals surface area (Å²) in [5.41, 5.74) is 0.743. The molecule has 0 aromatic heterocycles. The summed E-state index contributed by atoms with van der Waals surface area (Å²) < 4.78 is 16.2. The summed E-state index contributed by atoms with van der Waals surface area (Å²) in [7, 11) is 1.39. The van der Waals surface area contributed by atoms with Gasteiger partial charge in [0.15, 0.2) is 0 Å². The molecule has 1 aromatic carbocycles. The van der Waals surface area contributed by atoms with E-state index in [1.165, 1.54) is 26.5 Å². The van der Waals surface area contributed by atoms with Crippen molar-refractivity contribution in [1.82, 2.24) is 9.80 Å². The number of esters is 2. The Morgan fingerprint density at radius 1 is 0.973 bits per heavy atom. The Hall–Kier alpha value is -2.64. The maximum atomic E-state index is 12.3. The van der Waals surface area contributed by atoms with Gasteiger partial charge in [-0.05, 0) is 96.3 Å². The first-order valence-corrected chi connectivity index (χ1v) is 13.6. The van der Waals surface area contributed by atoms with Crippen LogP contribution in [0.2, 0.25) is 0 Å². The number of rotatable bonds is 8. The van der Waals surface area contributed by atoms with Crippen LogP contribution < -0.4 is 4.74 Å². The Bertz CT molecular complexity index is 986. The summed E-state index contributed by atoms with van der Waals surface area (Å²) >= 11 is 0. The molecule has 2 atom stereocenters. The molecule has 0 saturated carbocycles. The van der Waals surface area contributed by atoms with E-state index in [9.17, 15) is 9.59 Å². The second kappa shape index (κ2) is 12.3. The molecular weight excluding hydrogens is 468 g/mol. The predicted octanol–water partition coefficient (Wildman–Crippen LogP) is 4.48. The van der Waals surface area contributed by atoms with Crippen LogP contribution in [-0.2, 0) is 14.3 Å². The SMILES string of the molecule is COC(=O)c1ccc(OC[C@@H]2CCN(CC3CCN(C4C=CC(C(=O)OC(C)(C)C)=CC4)CC3)C2)cc1. The van der Waals surface area contributed by atoms with Crippen molar-refractivity contribution in [1.29, 1.82) is 0 Å². The van der Waals surface area contributed by atoms with Crippen molar-refractivity contribution in [3.63, 3.8) is 0 Å². The third kappa shape index (κ3) is 7.92. The van der Waals surface area contributed by atoms with E-state index in [1.54, 1.807) is 12.1 Å². The maximum Gasteiger partial charge on any atom is 0.338 e. The summed E-state index contributed by atoms with van der Waals surface area (Å²) in [6.07, 6.45) is 10.6. The third-order valence-electron chi connectivity index (χ3n) is 7.48. The first-order valence-electron chi connectivity index (χ1n) is 13.6. The quantitative estimate of drug-likeness (QED) is 0.478. The number of carbonyl (C=O) groups is 2. The summed E-state index contributed by atoms with van der Waals surface area (Å²) in [6, 6.07) is 7.54. The van der Waals surface area contributed by atoms with E-state index in [4.69, 9.17) is 14.2 Å². The molecule has 3 aliphatic rings. The van der Waals surface area contributed by atoms with Gasteiger partial charge in [-0.1, -0.05) is 18.2 Å². The van der Waals surface area contributed by atoms with Crippen LogP contribution in [0.3, 0.4) is 0 Å². The molecule has 7 heteroatoms. The minimum Gasteiger partial charge on any atom is -0.493 e. The van der Waals surface area contributed by atoms with Crippen molar-refractivity contribution >= 4 is 11.9 Å². The number of hydrogen-bond donors (Lipinski definition) is 0. The fourth-order valence-electron chi connectivity index (χ4n) is 5.43. The van der Waals surface area contributed by atoms with E-state index in [0.29, 0.717) is 29.7 Å². The molecule has 1 unspecified atom stereocenters. The van der Waals surface area contributed by atoms with Gasteiger partial charge in [-0.15, -0.1) is 0 Å². The molecule has 4 rings (SSSR count). The Kier molecular flexibility index (Phi) is 9.08. The monoisotopic (exact) mass is 510 g/mol. The molecular formula is C30H42N2O5. The lowest BCUT2D eigenvalue weighted by Crippen LogP contribution is -2.43. The third-order valence-corrected chi connectivity index (χ3v) is 7.48. The number of piperidine rings is 1. The lowest BCUT2D eigenvalue weighted by Gasteiger charge is -2.38. The van der Waals surface area contributed by atoms with E-state index < -0.39 is 5.60 Å². The van der Waals surface area contributed by atoms with Crippen LogP contribution in [0.5, 0.6) is 5.75 Å². The van der Waals surface area contributed by atoms with Gasteiger partial charge in [0.05, 0.1) is 24.9 Å². The molecule has 1 aliphatic carbocycles. The minimum absolute atomic E-state index is 0.230. The van der Waals surface area contributed by atoms with Crippen molar-refractivity contribution in [3.05, 3.63) is 53.6 Å². The highest BCUT2D eigenvalue weighted by Gasteiger charge is 2.29. The van der Waals surface area contributed by atoms with Gasteiger partial charge in [0.2, 0.25) is 0 Å². The predicted molar refractivity (Wildman–Crippen MR) is 144 cm³/mol. The van der Waals surface area contributed by atoms with E-state index >= 15 is 0 Å². The fraction of sp³-hybridized carbons (Fsp3) is 0.600. The van der Waals surface area contributed by atoms with Gasteiger partial charge >= 0.3 is 11.9 Å². The van der Waals surface area contributed by atoms with Gasteiger partial charge in [-0.2, -0.15) is 0 Å². The molecule has 1 aromatic rings. The number of methoxy groups -OCH3 is 1. The first-order chi connectivity index (χ1) is 17.7. The fourth-order valence-corrected chi connectivity index (χ4v) is 5.43. The second-order valence-corrected chi connectivity index (χ2v) is 11.5. The molecule has 2 saturated heterocycles. The van der Waals surface area contributed by atoms with Crippen molar-refractivity contribution in [2.24, 2.45) is 11.8 Å². The number of benzene rings is 1. The van der Waals surface area contributed by atoms with Crippen LogP contribution in [0, 0.1) is 11.8 Å². The Morgan fingerprint density at radius 3 is 2.30 bits per heavy atom. The van der Waals surface area contributed by atoms with Crippen molar-refractivity contribution in [2.45, 2.75) is 58.1 Å². The van der Waals surface area contributed by atoms with Gasteiger partial charge in [-0.25, -0.2) is 9.59 Å². The molecule has 7 nitrogen and oxygen atoms in total. The highest BCUT2D eigenvalue weighted by Crippen LogP contribution is 2.27. The summed E-state index contributed by atoms with van der Waals surface area (Å²) in [6.45, 7) is 12.0. The van der Waals surface area contributed by atoms with E-state index in [1.807, 2.05) is 45.1 Å². The van der Waals surface area contributed by atoms with Gasteiger partial charge in [0.25, 0.3) is 0 Å². The number of likely N-dealkylation sites (tertiary alicyclic amines) is 2. The van der Waals surface area contributed by atoms with Gasteiger partial charge in [0, 0.05) is 25.0 Å². The van der Waals surface area contributed by atoms with E-state index in [-0.39, 0.29) is 11.9 Å². The van der Waals surface area contributed by atoms with Crippen LogP contribution in [0.25, 0.3) is 0 Å². The van der Waals surface area contributed by atoms with E-state index in [2.05, 4.69) is 15.9 Å². The van der Waals surface area contributed by atoms with Crippen molar-refractivity contribution in [2.75, 3.05) is 46.4 Å². The molecule has 0 amide bonds. The minimum atomic E-state index is -0.466. The molecule has 0 bridgehead atoms. The smallest absolute Gasteiger partial charge is 0.338 e. The summed E-state index contributed by atoms with van der Waals surface area (Å²) in [4.78, 5) is 29.0. The Morgan fingerprint density at radius 2 is 1.68 bits per heavy atom. The zero-order chi connectivity index (χ0) is 26.4. The molecule has 2 heterocycles. The molecule has 2 aliphatic heterocycles. The average Bonchev–Trinajstić information content (AvgIpc) is 3.34. The molecule has 202 valence electrons. The van der Waals surface area contributed by atoms with Gasteiger partial charge in [-0.3, -0.25) is 4.90 Å². The zero-order valence-electron chi connectivity index (χ0n) is 22.8. The van der Waals surface area contributed by atoms with Crippen LogP contribution in [0.15, 0.2) is 48.1 Å². The van der Waals surface area contributed by atoms with Crippen LogP contribution >= 0.6 is 0 Å². The highest BCUT2D eigenvalue weighted by atomic mass is 16.6. The number of carbonyl (C=O) groups excluding carboxylic acids is 2. The van der Waals surface area contributed by atoms with Crippen molar-refractivity contribution < 1.29 is 23.8 Å². The van der Waals surface area contributed by atoms with Crippen molar-refractivity contribution in [3.8, 4) is 5.75 Å². The number of nitrogens with zero attached hydrogens (tertiary/aromatic N) is 2. The molecule has 2 fully saturated rings. The van der Waals surface area contributed by atoms with Crippen LogP contribution in [0.4, 0.5) is 0 Å². The van der Waals surface area contributed by atoms with E-state index in [0.717, 1.165) is 50.7 Å². The van der Waals surface area contributed by atoms with Crippen LogP contribution in [-0.4, -0.2) is 79.8 Å². The number of hydrogen-bond acceptors (Lipinski definition) is 7. The maximum absolute atomic E-state index is 12.3. The largest absolute Gasteiger partial charge is 0.493 e. The molecule has 37 heavy (non-hydrogen) atoms. The lowest BCUT2D eigenvalue weighted by molar-refractivity contribution is -0.149. The molecule has 0 N–H and O–H groups in total. The lowest BCUT2D eigenvalue weighted by atomic mass is 9.93. The topological polar surface area (TPSA) is 68.3 Å². The normalized spacial score (nSPS) is 23.5. The van der Waals surface area contributed by atoms with Gasteiger partial charge in [0.1, 0.15) is 11.4 Å². The molecule has 0 spiro atoms. The first kappa shape index (κ1) is 27.4. The van der Waals surface area contributed by atoms with Gasteiger partial charge < -0.3 is 19.1 Å². The second-order valence-electron chi connectivity index (χ2n) is 11.5. The van der Waals surface area contributed by atoms with Crippen LogP contribution in [0.1, 0.15) is 56.8 Å². The Balaban J connectivity index is 1.14. The molecule has 0 radical (unpaired) electrons. The highest BCUT2D eigenvalue weighted by molar-refractivity contribution is 5.92.